The Morgan fingerprint density at radius 1 is 0.846 bits per heavy atom. The lowest BCUT2D eigenvalue weighted by atomic mass is 9.59. The lowest BCUT2D eigenvalue weighted by Gasteiger charge is -2.46. The molecule has 4 N–H and O–H groups in total. The summed E-state index contributed by atoms with van der Waals surface area (Å²) in [5, 5.41) is 7.55. The average molecular weight is 579 g/mol. The van der Waals surface area contributed by atoms with Crippen LogP contribution >= 0.6 is 34.8 Å². The number of benzene rings is 4. The number of amides is 2. The van der Waals surface area contributed by atoms with Crippen molar-refractivity contribution in [1.82, 2.24) is 5.32 Å². The van der Waals surface area contributed by atoms with Gasteiger partial charge in [0, 0.05) is 44.3 Å². The summed E-state index contributed by atoms with van der Waals surface area (Å²) >= 11 is 19.2. The summed E-state index contributed by atoms with van der Waals surface area (Å²) in [7, 11) is 0. The number of hydrogen-bond acceptors (Lipinski definition) is 4. The maximum atomic E-state index is 14.2. The van der Waals surface area contributed by atoms with E-state index in [2.05, 4.69) is 10.6 Å². The number of ether oxygens (including phenoxy) is 1. The first-order valence-electron chi connectivity index (χ1n) is 12.2. The molecular weight excluding hydrogens is 557 g/mol. The van der Waals surface area contributed by atoms with Crippen molar-refractivity contribution in [2.75, 3.05) is 11.1 Å². The Morgan fingerprint density at radius 2 is 1.56 bits per heavy atom. The molecule has 0 aliphatic carbocycles. The molecule has 39 heavy (non-hydrogen) atoms. The molecule has 4 aromatic rings. The highest BCUT2D eigenvalue weighted by molar-refractivity contribution is 6.31. The lowest BCUT2D eigenvalue weighted by molar-refractivity contribution is -0.131. The van der Waals surface area contributed by atoms with E-state index >= 15 is 0 Å². The lowest BCUT2D eigenvalue weighted by Crippen LogP contribution is -2.56. The van der Waals surface area contributed by atoms with E-state index in [4.69, 9.17) is 45.3 Å². The van der Waals surface area contributed by atoms with Gasteiger partial charge in [0.15, 0.2) is 0 Å². The maximum absolute atomic E-state index is 14.2. The van der Waals surface area contributed by atoms with Crippen molar-refractivity contribution in [3.05, 3.63) is 117 Å². The number of nitrogen functional groups attached to an aromatic ring is 1. The van der Waals surface area contributed by atoms with E-state index in [9.17, 15) is 9.59 Å². The highest BCUT2D eigenvalue weighted by Gasteiger charge is 2.61. The first-order valence-corrected chi connectivity index (χ1v) is 13.4. The van der Waals surface area contributed by atoms with Crippen molar-refractivity contribution in [1.29, 1.82) is 0 Å². The Labute approximate surface area is 240 Å². The summed E-state index contributed by atoms with van der Waals surface area (Å²) in [6.07, 6.45) is 0.0705. The van der Waals surface area contributed by atoms with Crippen LogP contribution in [-0.4, -0.2) is 11.8 Å². The van der Waals surface area contributed by atoms with Gasteiger partial charge in [0.05, 0.1) is 6.04 Å². The van der Waals surface area contributed by atoms with Crippen LogP contribution in [0.2, 0.25) is 15.1 Å². The molecule has 1 fully saturated rings. The van der Waals surface area contributed by atoms with Gasteiger partial charge in [0.25, 0.3) is 0 Å². The smallest absolute Gasteiger partial charge is 0.238 e. The predicted octanol–water partition coefficient (Wildman–Crippen LogP) is 7.26. The van der Waals surface area contributed by atoms with Crippen molar-refractivity contribution in [3.63, 3.8) is 0 Å². The summed E-state index contributed by atoms with van der Waals surface area (Å²) in [6.45, 7) is 0. The normalized spacial score (nSPS) is 21.8. The molecule has 0 unspecified atom stereocenters. The van der Waals surface area contributed by atoms with Crippen LogP contribution in [0.15, 0.2) is 84.9 Å². The minimum Gasteiger partial charge on any atom is -0.457 e. The van der Waals surface area contributed by atoms with Gasteiger partial charge in [0.2, 0.25) is 11.8 Å². The van der Waals surface area contributed by atoms with E-state index in [-0.39, 0.29) is 18.2 Å². The fraction of sp³-hybridized carbons (Fsp3) is 0.133. The number of nitrogens with one attached hydrogen (secondary N) is 2. The monoisotopic (exact) mass is 577 g/mol. The van der Waals surface area contributed by atoms with Crippen LogP contribution in [0.3, 0.4) is 0 Å². The Morgan fingerprint density at radius 3 is 2.33 bits per heavy atom. The predicted molar refractivity (Wildman–Crippen MR) is 154 cm³/mol. The number of nitrogens with two attached hydrogens (primary N) is 1. The van der Waals surface area contributed by atoms with Crippen LogP contribution in [0.25, 0.3) is 0 Å². The maximum Gasteiger partial charge on any atom is 0.238 e. The fourth-order valence-corrected chi connectivity index (χ4v) is 6.32. The summed E-state index contributed by atoms with van der Waals surface area (Å²) < 4.78 is 6.27. The number of carbonyl (C=O) groups is 2. The molecule has 1 spiro atoms. The number of carbonyl (C=O) groups excluding carboxylic acids is 2. The summed E-state index contributed by atoms with van der Waals surface area (Å²) in [4.78, 5) is 27.6. The molecule has 2 heterocycles. The van der Waals surface area contributed by atoms with Gasteiger partial charge < -0.3 is 21.1 Å². The molecule has 3 atom stereocenters. The molecule has 2 aliphatic rings. The molecule has 1 saturated heterocycles. The summed E-state index contributed by atoms with van der Waals surface area (Å²) in [5.74, 6) is -0.0627. The standard InChI is InChI=1S/C30H22Cl3N3O3/c31-17-3-1-2-16(12-17)24-15-27(37)36-28(30(24)23-10-4-19(33)14-25(23)35-29(30)38)22-13-18(32)5-11-26(22)39-21-8-6-20(34)7-9-21/h1-14,24,28H,15,34H2,(H,35,38)(H,36,37)/t24-,28+,30-/m1/s1. The van der Waals surface area contributed by atoms with Crippen LogP contribution in [0, 0.1) is 0 Å². The van der Waals surface area contributed by atoms with E-state index < -0.39 is 17.4 Å². The Hall–Kier alpha value is -3.71. The Balaban J connectivity index is 1.60. The number of hydrogen-bond donors (Lipinski definition) is 3. The van der Waals surface area contributed by atoms with E-state index in [0.717, 1.165) is 5.56 Å². The topological polar surface area (TPSA) is 93.4 Å². The van der Waals surface area contributed by atoms with Crippen LogP contribution in [0.1, 0.15) is 35.1 Å². The molecule has 6 nitrogen and oxygen atoms in total. The fourth-order valence-electron chi connectivity index (χ4n) is 5.77. The molecule has 0 aromatic heterocycles. The summed E-state index contributed by atoms with van der Waals surface area (Å²) in [5.41, 5.74) is 7.80. The first kappa shape index (κ1) is 25.6. The number of fused-ring (bicyclic) bond motifs is 2. The molecule has 0 bridgehead atoms. The molecule has 0 saturated carbocycles. The Kier molecular flexibility index (Phi) is 6.42. The highest BCUT2D eigenvalue weighted by atomic mass is 35.5. The number of halogens is 3. The van der Waals surface area contributed by atoms with E-state index in [0.29, 0.717) is 49.1 Å². The van der Waals surface area contributed by atoms with Gasteiger partial charge in [-0.1, -0.05) is 53.0 Å². The quantitative estimate of drug-likeness (QED) is 0.222. The minimum absolute atomic E-state index is 0.0705. The van der Waals surface area contributed by atoms with Crippen LogP contribution < -0.4 is 21.1 Å². The van der Waals surface area contributed by atoms with Crippen molar-refractivity contribution >= 4 is 58.0 Å². The van der Waals surface area contributed by atoms with Crippen molar-refractivity contribution in [2.45, 2.75) is 23.8 Å². The third-order valence-electron chi connectivity index (χ3n) is 7.39. The van der Waals surface area contributed by atoms with Gasteiger partial charge in [-0.2, -0.15) is 0 Å². The van der Waals surface area contributed by atoms with Gasteiger partial charge in [-0.3, -0.25) is 9.59 Å². The molecule has 2 amide bonds. The van der Waals surface area contributed by atoms with Gasteiger partial charge in [-0.05, 0) is 77.9 Å². The summed E-state index contributed by atoms with van der Waals surface area (Å²) in [6, 6.07) is 23.8. The van der Waals surface area contributed by atoms with Crippen LogP contribution in [-0.2, 0) is 15.0 Å². The molecule has 4 aromatic carbocycles. The van der Waals surface area contributed by atoms with E-state index in [1.165, 1.54) is 0 Å². The molecule has 0 radical (unpaired) electrons. The third-order valence-corrected chi connectivity index (χ3v) is 8.10. The van der Waals surface area contributed by atoms with Crippen LogP contribution in [0.4, 0.5) is 11.4 Å². The van der Waals surface area contributed by atoms with E-state index in [1.54, 1.807) is 66.7 Å². The first-order chi connectivity index (χ1) is 18.8. The average Bonchev–Trinajstić information content (AvgIpc) is 3.18. The van der Waals surface area contributed by atoms with Gasteiger partial charge in [-0.25, -0.2) is 0 Å². The Bertz CT molecular complexity index is 1630. The molecule has 2 aliphatic heterocycles. The molecule has 9 heteroatoms. The van der Waals surface area contributed by atoms with E-state index in [1.807, 2.05) is 18.2 Å². The van der Waals surface area contributed by atoms with Gasteiger partial charge in [-0.15, -0.1) is 0 Å². The van der Waals surface area contributed by atoms with Gasteiger partial charge >= 0.3 is 0 Å². The SMILES string of the molecule is Nc1ccc(Oc2ccc(Cl)cc2[C@@H]2NC(=O)C[C@H](c3cccc(Cl)c3)[C@@]23C(=O)Nc2cc(Cl)ccc23)cc1. The number of rotatable bonds is 4. The van der Waals surface area contributed by atoms with Crippen molar-refractivity contribution in [3.8, 4) is 11.5 Å². The second kappa shape index (κ2) is 9.79. The minimum atomic E-state index is -1.26. The largest absolute Gasteiger partial charge is 0.457 e. The number of piperidine rings is 1. The van der Waals surface area contributed by atoms with Crippen LogP contribution in [0.5, 0.6) is 11.5 Å². The van der Waals surface area contributed by atoms with Gasteiger partial charge in [0.1, 0.15) is 16.9 Å². The zero-order valence-electron chi connectivity index (χ0n) is 20.4. The second-order valence-corrected chi connectivity index (χ2v) is 11.0. The number of anilines is 2. The highest BCUT2D eigenvalue weighted by Crippen LogP contribution is 2.58. The zero-order valence-corrected chi connectivity index (χ0v) is 22.6. The third kappa shape index (κ3) is 4.39. The molecular formula is C30H22Cl3N3O3. The van der Waals surface area contributed by atoms with Crippen molar-refractivity contribution in [2.24, 2.45) is 0 Å². The zero-order chi connectivity index (χ0) is 27.3. The van der Waals surface area contributed by atoms with Crippen molar-refractivity contribution < 1.29 is 14.3 Å². The molecule has 6 rings (SSSR count). The molecule has 196 valence electrons. The second-order valence-electron chi connectivity index (χ2n) is 9.68.